The zero-order chi connectivity index (χ0) is 21.8. The van der Waals surface area contributed by atoms with Gasteiger partial charge < -0.3 is 24.6 Å². The Morgan fingerprint density at radius 1 is 1.40 bits per heavy atom. The minimum absolute atomic E-state index is 0.0187. The number of nitrogens with zero attached hydrogens (tertiary/aromatic N) is 2. The van der Waals surface area contributed by atoms with Gasteiger partial charge in [0.1, 0.15) is 5.75 Å². The van der Waals surface area contributed by atoms with Crippen molar-refractivity contribution in [3.8, 4) is 5.75 Å². The van der Waals surface area contributed by atoms with Crippen LogP contribution in [0.2, 0.25) is 0 Å². The van der Waals surface area contributed by atoms with Crippen molar-refractivity contribution in [1.82, 2.24) is 9.88 Å². The van der Waals surface area contributed by atoms with Crippen molar-refractivity contribution in [2.45, 2.75) is 57.6 Å². The molecular formula is C22H32N2O6. The first-order chi connectivity index (χ1) is 14.5. The Kier molecular flexibility index (Phi) is 10.3. The number of aliphatic carboxylic acids is 1. The van der Waals surface area contributed by atoms with Crippen molar-refractivity contribution in [3.63, 3.8) is 0 Å². The molecule has 2 rings (SSSR count). The zero-order valence-electron chi connectivity index (χ0n) is 17.5. The van der Waals surface area contributed by atoms with E-state index in [4.69, 9.17) is 14.6 Å². The number of carboxylic acids is 1. The van der Waals surface area contributed by atoms with E-state index < -0.39 is 12.1 Å². The quantitative estimate of drug-likeness (QED) is 0.372. The number of pyridine rings is 1. The van der Waals surface area contributed by atoms with E-state index in [1.165, 1.54) is 0 Å². The average molecular weight is 421 g/mol. The lowest BCUT2D eigenvalue weighted by atomic mass is 10.00. The van der Waals surface area contributed by atoms with Crippen LogP contribution in [0.1, 0.15) is 44.7 Å². The van der Waals surface area contributed by atoms with E-state index in [1.807, 2.05) is 30.0 Å². The van der Waals surface area contributed by atoms with Crippen LogP contribution in [-0.2, 0) is 20.7 Å². The maximum atomic E-state index is 12.3. The van der Waals surface area contributed by atoms with E-state index in [-0.39, 0.29) is 25.0 Å². The van der Waals surface area contributed by atoms with Crippen LogP contribution in [0.25, 0.3) is 0 Å². The highest BCUT2D eigenvalue weighted by Gasteiger charge is 2.25. The SMILES string of the molecule is CCOc1ccc(CC(O)C=C[C@H]2CCCC(=O)N2CCCOCCC(=O)O)nc1. The lowest BCUT2D eigenvalue weighted by Crippen LogP contribution is -2.43. The number of aliphatic hydroxyl groups is 1. The summed E-state index contributed by atoms with van der Waals surface area (Å²) in [5.74, 6) is -0.0795. The molecule has 0 aliphatic carbocycles. The predicted octanol–water partition coefficient (Wildman–Crippen LogP) is 2.20. The topological polar surface area (TPSA) is 109 Å². The number of amides is 1. The van der Waals surface area contributed by atoms with Crippen molar-refractivity contribution in [2.24, 2.45) is 0 Å². The Morgan fingerprint density at radius 3 is 2.93 bits per heavy atom. The molecule has 1 unspecified atom stereocenters. The third-order valence-electron chi connectivity index (χ3n) is 4.84. The summed E-state index contributed by atoms with van der Waals surface area (Å²) in [6.07, 6.45) is 7.84. The molecule has 30 heavy (non-hydrogen) atoms. The van der Waals surface area contributed by atoms with Gasteiger partial charge in [-0.3, -0.25) is 14.6 Å². The Bertz CT molecular complexity index is 691. The Morgan fingerprint density at radius 2 is 2.23 bits per heavy atom. The molecule has 1 amide bonds. The number of carboxylic acid groups (broad SMARTS) is 1. The lowest BCUT2D eigenvalue weighted by molar-refractivity contribution is -0.138. The van der Waals surface area contributed by atoms with Crippen molar-refractivity contribution < 1.29 is 29.3 Å². The van der Waals surface area contributed by atoms with Gasteiger partial charge in [0.05, 0.1) is 38.0 Å². The maximum absolute atomic E-state index is 12.3. The molecular weight excluding hydrogens is 388 g/mol. The van der Waals surface area contributed by atoms with Gasteiger partial charge in [0.2, 0.25) is 5.91 Å². The number of carbonyl (C=O) groups is 2. The molecule has 2 N–H and O–H groups in total. The molecule has 0 saturated carbocycles. The molecule has 1 fully saturated rings. The maximum Gasteiger partial charge on any atom is 0.305 e. The van der Waals surface area contributed by atoms with E-state index in [0.29, 0.717) is 44.8 Å². The van der Waals surface area contributed by atoms with E-state index in [1.54, 1.807) is 12.3 Å². The summed E-state index contributed by atoms with van der Waals surface area (Å²) < 4.78 is 10.7. The highest BCUT2D eigenvalue weighted by Crippen LogP contribution is 2.20. The summed E-state index contributed by atoms with van der Waals surface area (Å²) in [5.41, 5.74) is 0.769. The standard InChI is InChI=1S/C22H32N2O6/c1-2-30-20-10-7-17(23-16-20)15-19(25)9-8-18-5-3-6-21(26)24(18)12-4-13-29-14-11-22(27)28/h7-10,16,18-19,25H,2-6,11-15H2,1H3,(H,27,28)/t18-,19?/m1/s1. The van der Waals surface area contributed by atoms with Crippen LogP contribution >= 0.6 is 0 Å². The minimum atomic E-state index is -0.884. The summed E-state index contributed by atoms with van der Waals surface area (Å²) in [6.45, 7) is 3.64. The summed E-state index contributed by atoms with van der Waals surface area (Å²) in [5, 5.41) is 19.0. The molecule has 8 nitrogen and oxygen atoms in total. The third-order valence-corrected chi connectivity index (χ3v) is 4.84. The molecule has 1 aliphatic heterocycles. The molecule has 1 saturated heterocycles. The van der Waals surface area contributed by atoms with Crippen LogP contribution in [0.5, 0.6) is 5.75 Å². The van der Waals surface area contributed by atoms with Gasteiger partial charge in [0, 0.05) is 31.7 Å². The first-order valence-electron chi connectivity index (χ1n) is 10.5. The summed E-state index contributed by atoms with van der Waals surface area (Å²) in [4.78, 5) is 28.9. The number of hydrogen-bond acceptors (Lipinski definition) is 6. The average Bonchev–Trinajstić information content (AvgIpc) is 2.71. The summed E-state index contributed by atoms with van der Waals surface area (Å²) in [7, 11) is 0. The Hall–Kier alpha value is -2.45. The van der Waals surface area contributed by atoms with Crippen LogP contribution in [0.15, 0.2) is 30.5 Å². The Balaban J connectivity index is 1.81. The van der Waals surface area contributed by atoms with E-state index in [2.05, 4.69) is 4.98 Å². The first-order valence-corrected chi connectivity index (χ1v) is 10.5. The smallest absolute Gasteiger partial charge is 0.305 e. The second-order valence-electron chi connectivity index (χ2n) is 7.23. The number of hydrogen-bond donors (Lipinski definition) is 2. The van der Waals surface area contributed by atoms with Crippen LogP contribution in [0.3, 0.4) is 0 Å². The second kappa shape index (κ2) is 13.0. The number of aliphatic hydroxyl groups excluding tert-OH is 1. The number of carbonyl (C=O) groups excluding carboxylic acids is 1. The highest BCUT2D eigenvalue weighted by atomic mass is 16.5. The molecule has 166 valence electrons. The van der Waals surface area contributed by atoms with Gasteiger partial charge in [-0.1, -0.05) is 12.2 Å². The third kappa shape index (κ3) is 8.51. The van der Waals surface area contributed by atoms with Crippen LogP contribution in [0.4, 0.5) is 0 Å². The highest BCUT2D eigenvalue weighted by molar-refractivity contribution is 5.77. The van der Waals surface area contributed by atoms with E-state index in [9.17, 15) is 14.7 Å². The lowest BCUT2D eigenvalue weighted by Gasteiger charge is -2.34. The Labute approximate surface area is 177 Å². The van der Waals surface area contributed by atoms with Gasteiger partial charge in [-0.15, -0.1) is 0 Å². The van der Waals surface area contributed by atoms with Gasteiger partial charge in [-0.05, 0) is 38.3 Å². The molecule has 1 aromatic heterocycles. The van der Waals surface area contributed by atoms with Crippen LogP contribution < -0.4 is 4.74 Å². The minimum Gasteiger partial charge on any atom is -0.492 e. The zero-order valence-corrected chi connectivity index (χ0v) is 17.5. The van der Waals surface area contributed by atoms with Crippen LogP contribution in [0, 0.1) is 0 Å². The van der Waals surface area contributed by atoms with Gasteiger partial charge in [0.25, 0.3) is 0 Å². The number of ether oxygens (including phenoxy) is 2. The normalized spacial score (nSPS) is 18.0. The van der Waals surface area contributed by atoms with Crippen molar-refractivity contribution in [1.29, 1.82) is 0 Å². The van der Waals surface area contributed by atoms with E-state index in [0.717, 1.165) is 18.5 Å². The largest absolute Gasteiger partial charge is 0.492 e. The monoisotopic (exact) mass is 420 g/mol. The molecule has 0 radical (unpaired) electrons. The number of rotatable bonds is 13. The van der Waals surface area contributed by atoms with Crippen molar-refractivity contribution in [2.75, 3.05) is 26.4 Å². The molecule has 0 aromatic carbocycles. The summed E-state index contributed by atoms with van der Waals surface area (Å²) >= 11 is 0. The van der Waals surface area contributed by atoms with Crippen molar-refractivity contribution in [3.05, 3.63) is 36.2 Å². The molecule has 1 aliphatic rings. The second-order valence-corrected chi connectivity index (χ2v) is 7.23. The van der Waals surface area contributed by atoms with Crippen LogP contribution in [-0.4, -0.2) is 70.5 Å². The number of likely N-dealkylation sites (tertiary alicyclic amines) is 1. The molecule has 2 heterocycles. The fourth-order valence-corrected chi connectivity index (χ4v) is 3.36. The van der Waals surface area contributed by atoms with Crippen molar-refractivity contribution >= 4 is 11.9 Å². The first kappa shape index (κ1) is 23.8. The number of aromatic nitrogens is 1. The predicted molar refractivity (Wildman–Crippen MR) is 111 cm³/mol. The van der Waals surface area contributed by atoms with E-state index >= 15 is 0 Å². The van der Waals surface area contributed by atoms with Gasteiger partial charge in [-0.2, -0.15) is 0 Å². The fourth-order valence-electron chi connectivity index (χ4n) is 3.36. The van der Waals surface area contributed by atoms with Gasteiger partial charge >= 0.3 is 5.97 Å². The molecule has 2 atom stereocenters. The molecule has 0 bridgehead atoms. The molecule has 1 aromatic rings. The van der Waals surface area contributed by atoms with Gasteiger partial charge in [0.15, 0.2) is 0 Å². The molecule has 0 spiro atoms. The molecule has 8 heteroatoms. The number of piperidine rings is 1. The summed E-state index contributed by atoms with van der Waals surface area (Å²) in [6, 6.07) is 3.62. The fraction of sp³-hybridized carbons (Fsp3) is 0.591. The van der Waals surface area contributed by atoms with Gasteiger partial charge in [-0.25, -0.2) is 0 Å².